The smallest absolute Gasteiger partial charge is 0.257 e. The molecule has 1 heterocycles. The van der Waals surface area contributed by atoms with Crippen molar-refractivity contribution in [1.82, 2.24) is 15.6 Å². The Morgan fingerprint density at radius 2 is 2.03 bits per heavy atom. The van der Waals surface area contributed by atoms with Gasteiger partial charge in [0, 0.05) is 15.6 Å². The lowest BCUT2D eigenvalue weighted by Gasteiger charge is -2.03. The number of aryl methyl sites for hydroxylation is 1. The highest BCUT2D eigenvalue weighted by Crippen LogP contribution is 2.20. The summed E-state index contributed by atoms with van der Waals surface area (Å²) in [6.07, 6.45) is 1.30. The van der Waals surface area contributed by atoms with Crippen molar-refractivity contribution in [2.24, 2.45) is 5.10 Å². The Labute approximate surface area is 178 Å². The maximum atomic E-state index is 12.3. The number of nitrogens with zero attached hydrogens (tertiary/aromatic N) is 3. The van der Waals surface area contributed by atoms with Crippen LogP contribution in [0.5, 0.6) is 5.75 Å². The zero-order valence-electron chi connectivity index (χ0n) is 15.2. The summed E-state index contributed by atoms with van der Waals surface area (Å²) in [5.74, 6) is -0.637. The molecule has 3 aromatic rings. The van der Waals surface area contributed by atoms with Crippen molar-refractivity contribution in [3.8, 4) is 5.75 Å². The maximum Gasteiger partial charge on any atom is 0.257 e. The SMILES string of the molecule is Cc1ccccc1C(=O)Nc1nnc(CC(=O)NN=Cc2cc(Br)ccc2O)s1. The summed E-state index contributed by atoms with van der Waals surface area (Å²) in [5, 5.41) is 24.8. The Morgan fingerprint density at radius 3 is 2.83 bits per heavy atom. The van der Waals surface area contributed by atoms with Gasteiger partial charge in [-0.2, -0.15) is 5.10 Å². The number of phenols is 1. The molecule has 0 radical (unpaired) electrons. The lowest BCUT2D eigenvalue weighted by Crippen LogP contribution is -2.19. The van der Waals surface area contributed by atoms with Gasteiger partial charge < -0.3 is 5.11 Å². The van der Waals surface area contributed by atoms with E-state index in [4.69, 9.17) is 0 Å². The van der Waals surface area contributed by atoms with E-state index in [0.717, 1.165) is 21.4 Å². The van der Waals surface area contributed by atoms with Crippen molar-refractivity contribution in [2.75, 3.05) is 5.32 Å². The van der Waals surface area contributed by atoms with Crippen LogP contribution in [0.15, 0.2) is 52.0 Å². The summed E-state index contributed by atoms with van der Waals surface area (Å²) < 4.78 is 0.775. The molecule has 2 amide bonds. The van der Waals surface area contributed by atoms with E-state index in [1.807, 2.05) is 19.1 Å². The third kappa shape index (κ3) is 5.69. The normalized spacial score (nSPS) is 10.8. The molecule has 1 aromatic heterocycles. The van der Waals surface area contributed by atoms with Gasteiger partial charge in [0.1, 0.15) is 10.8 Å². The zero-order valence-corrected chi connectivity index (χ0v) is 17.6. The number of halogens is 1. The third-order valence-corrected chi connectivity index (χ3v) is 5.10. The van der Waals surface area contributed by atoms with E-state index in [2.05, 4.69) is 42.0 Å². The van der Waals surface area contributed by atoms with Gasteiger partial charge >= 0.3 is 0 Å². The number of amides is 2. The molecular weight excluding hydrogens is 458 g/mol. The molecule has 29 heavy (non-hydrogen) atoms. The number of carbonyl (C=O) groups excluding carboxylic acids is 2. The first-order chi connectivity index (χ1) is 13.9. The Hall–Kier alpha value is -3.11. The number of benzene rings is 2. The summed E-state index contributed by atoms with van der Waals surface area (Å²) in [5.41, 5.74) is 4.22. The molecule has 0 aliphatic heterocycles. The number of hydrazone groups is 1. The van der Waals surface area contributed by atoms with E-state index in [-0.39, 0.29) is 18.1 Å². The molecule has 0 spiro atoms. The fourth-order valence-corrected chi connectivity index (χ4v) is 3.46. The molecule has 0 aliphatic carbocycles. The first-order valence-corrected chi connectivity index (χ1v) is 10.0. The minimum absolute atomic E-state index is 0.0420. The van der Waals surface area contributed by atoms with E-state index in [1.54, 1.807) is 24.3 Å². The molecule has 0 fully saturated rings. The van der Waals surface area contributed by atoms with Crippen molar-refractivity contribution < 1.29 is 14.7 Å². The molecule has 148 valence electrons. The fourth-order valence-electron chi connectivity index (χ4n) is 2.35. The number of nitrogens with one attached hydrogen (secondary N) is 2. The van der Waals surface area contributed by atoms with Gasteiger partial charge in [-0.15, -0.1) is 10.2 Å². The highest BCUT2D eigenvalue weighted by Gasteiger charge is 2.13. The van der Waals surface area contributed by atoms with Crippen LogP contribution in [0.2, 0.25) is 0 Å². The van der Waals surface area contributed by atoms with Gasteiger partial charge in [-0.3, -0.25) is 14.9 Å². The second-order valence-corrected chi connectivity index (χ2v) is 7.92. The van der Waals surface area contributed by atoms with Gasteiger partial charge in [0.15, 0.2) is 0 Å². The first-order valence-electron chi connectivity index (χ1n) is 8.42. The summed E-state index contributed by atoms with van der Waals surface area (Å²) >= 11 is 4.41. The van der Waals surface area contributed by atoms with Gasteiger partial charge in [-0.25, -0.2) is 5.43 Å². The van der Waals surface area contributed by atoms with Crippen LogP contribution in [-0.2, 0) is 11.2 Å². The van der Waals surface area contributed by atoms with E-state index < -0.39 is 5.91 Å². The topological polar surface area (TPSA) is 117 Å². The quantitative estimate of drug-likeness (QED) is 0.375. The van der Waals surface area contributed by atoms with Crippen molar-refractivity contribution >= 4 is 50.4 Å². The highest BCUT2D eigenvalue weighted by molar-refractivity contribution is 9.10. The van der Waals surface area contributed by atoms with Crippen molar-refractivity contribution in [3.63, 3.8) is 0 Å². The number of rotatable bonds is 6. The Kier molecular flexibility index (Phi) is 6.68. The first kappa shape index (κ1) is 20.6. The molecule has 10 heteroatoms. The molecule has 0 saturated carbocycles. The molecular formula is C19H16BrN5O3S. The molecule has 2 aromatic carbocycles. The molecule has 0 aliphatic rings. The van der Waals surface area contributed by atoms with Crippen LogP contribution in [0, 0.1) is 6.92 Å². The lowest BCUT2D eigenvalue weighted by molar-refractivity contribution is -0.120. The monoisotopic (exact) mass is 473 g/mol. The maximum absolute atomic E-state index is 12.3. The average Bonchev–Trinajstić information content (AvgIpc) is 3.11. The number of aromatic nitrogens is 2. The van der Waals surface area contributed by atoms with Gasteiger partial charge in [0.25, 0.3) is 5.91 Å². The predicted octanol–water partition coefficient (Wildman–Crippen LogP) is 3.26. The Morgan fingerprint density at radius 1 is 1.24 bits per heavy atom. The minimum Gasteiger partial charge on any atom is -0.507 e. The van der Waals surface area contributed by atoms with E-state index >= 15 is 0 Å². The standard InChI is InChI=1S/C19H16BrN5O3S/c1-11-4-2-3-5-14(11)18(28)22-19-25-24-17(29-19)9-16(27)23-21-10-12-8-13(20)6-7-15(12)26/h2-8,10,26H,9H2,1H3,(H,23,27)(H,22,25,28). The zero-order chi connectivity index (χ0) is 20.8. The van der Waals surface area contributed by atoms with Gasteiger partial charge in [-0.1, -0.05) is 45.5 Å². The van der Waals surface area contributed by atoms with E-state index in [9.17, 15) is 14.7 Å². The number of hydrogen-bond donors (Lipinski definition) is 3. The summed E-state index contributed by atoms with van der Waals surface area (Å²) in [6, 6.07) is 12.1. The largest absolute Gasteiger partial charge is 0.507 e. The van der Waals surface area contributed by atoms with Crippen LogP contribution < -0.4 is 10.7 Å². The Balaban J connectivity index is 1.55. The molecule has 0 bridgehead atoms. The van der Waals surface area contributed by atoms with Crippen LogP contribution in [0.4, 0.5) is 5.13 Å². The van der Waals surface area contributed by atoms with Gasteiger partial charge in [-0.05, 0) is 36.8 Å². The third-order valence-electron chi connectivity index (χ3n) is 3.77. The van der Waals surface area contributed by atoms with Crippen molar-refractivity contribution in [1.29, 1.82) is 0 Å². The highest BCUT2D eigenvalue weighted by atomic mass is 79.9. The molecule has 3 N–H and O–H groups in total. The number of hydrogen-bond acceptors (Lipinski definition) is 7. The summed E-state index contributed by atoms with van der Waals surface area (Å²) in [6.45, 7) is 1.85. The van der Waals surface area contributed by atoms with E-state index in [0.29, 0.717) is 21.3 Å². The van der Waals surface area contributed by atoms with Crippen LogP contribution in [0.3, 0.4) is 0 Å². The van der Waals surface area contributed by atoms with Crippen LogP contribution in [0.1, 0.15) is 26.5 Å². The second kappa shape index (κ2) is 9.39. The van der Waals surface area contributed by atoms with Gasteiger partial charge in [0.2, 0.25) is 11.0 Å². The number of anilines is 1. The number of aromatic hydroxyl groups is 1. The minimum atomic E-state index is -0.399. The number of carbonyl (C=O) groups is 2. The van der Waals surface area contributed by atoms with E-state index in [1.165, 1.54) is 12.3 Å². The summed E-state index contributed by atoms with van der Waals surface area (Å²) in [4.78, 5) is 24.3. The fraction of sp³-hybridized carbons (Fsp3) is 0.105. The van der Waals surface area contributed by atoms with Crippen molar-refractivity contribution in [2.45, 2.75) is 13.3 Å². The summed E-state index contributed by atoms with van der Waals surface area (Å²) in [7, 11) is 0. The molecule has 8 nitrogen and oxygen atoms in total. The predicted molar refractivity (Wildman–Crippen MR) is 114 cm³/mol. The average molecular weight is 474 g/mol. The van der Waals surface area contributed by atoms with Crippen molar-refractivity contribution in [3.05, 3.63) is 68.6 Å². The molecule has 0 atom stereocenters. The molecule has 0 saturated heterocycles. The van der Waals surface area contributed by atoms with Crippen LogP contribution >= 0.6 is 27.3 Å². The second-order valence-electron chi connectivity index (χ2n) is 5.94. The van der Waals surface area contributed by atoms with Crippen LogP contribution in [0.25, 0.3) is 0 Å². The lowest BCUT2D eigenvalue weighted by atomic mass is 10.1. The van der Waals surface area contributed by atoms with Gasteiger partial charge in [0.05, 0.1) is 12.6 Å². The van der Waals surface area contributed by atoms with Crippen LogP contribution in [-0.4, -0.2) is 33.3 Å². The number of phenolic OH excluding ortho intramolecular Hbond substituents is 1. The molecule has 3 rings (SSSR count). The molecule has 0 unspecified atom stereocenters. The Bertz CT molecular complexity index is 1080.